The smallest absolute Gasteiger partial charge is 0.341 e. The molecule has 4 aromatic carbocycles. The summed E-state index contributed by atoms with van der Waals surface area (Å²) >= 11 is 2.83. The second-order valence-corrected chi connectivity index (χ2v) is 14.2. The molecule has 0 saturated carbocycles. The summed E-state index contributed by atoms with van der Waals surface area (Å²) in [4.78, 5) is 55.2. The maximum atomic E-state index is 13.8. The van der Waals surface area contributed by atoms with Crippen LogP contribution in [-0.4, -0.2) is 36.1 Å². The molecule has 0 aliphatic heterocycles. The molecule has 1 heterocycles. The lowest BCUT2D eigenvalue weighted by Crippen LogP contribution is -2.30. The van der Waals surface area contributed by atoms with E-state index in [9.17, 15) is 19.2 Å². The fraction of sp³-hybridized carbons (Fsp3) is 0.200. The van der Waals surface area contributed by atoms with Crippen LogP contribution in [0.3, 0.4) is 0 Å². The normalized spacial score (nSPS) is 13.2. The Labute approximate surface area is 299 Å². The summed E-state index contributed by atoms with van der Waals surface area (Å²) in [6.07, 6.45) is 5.96. The number of amides is 3. The van der Waals surface area contributed by atoms with E-state index >= 15 is 0 Å². The molecule has 0 bridgehead atoms. The molecule has 1 aliphatic carbocycles. The van der Waals surface area contributed by atoms with Gasteiger partial charge in [0.25, 0.3) is 11.8 Å². The highest BCUT2D eigenvalue weighted by atomic mass is 32.2. The average molecular weight is 704 g/mol. The third kappa shape index (κ3) is 7.98. The topological polar surface area (TPSA) is 114 Å². The van der Waals surface area contributed by atoms with Crippen LogP contribution in [0.15, 0.2) is 108 Å². The fourth-order valence-corrected chi connectivity index (χ4v) is 8.26. The van der Waals surface area contributed by atoms with Crippen molar-refractivity contribution in [3.05, 3.63) is 130 Å². The van der Waals surface area contributed by atoms with Crippen molar-refractivity contribution in [2.45, 2.75) is 49.2 Å². The van der Waals surface area contributed by atoms with Crippen molar-refractivity contribution in [2.24, 2.45) is 0 Å². The molecule has 1 aromatic heterocycles. The second kappa shape index (κ2) is 16.0. The van der Waals surface area contributed by atoms with Gasteiger partial charge in [0.05, 0.1) is 17.9 Å². The minimum atomic E-state index is -0.494. The van der Waals surface area contributed by atoms with Gasteiger partial charge in [-0.2, -0.15) is 0 Å². The zero-order valence-corrected chi connectivity index (χ0v) is 29.4. The Morgan fingerprint density at radius 1 is 0.880 bits per heavy atom. The van der Waals surface area contributed by atoms with E-state index in [1.807, 2.05) is 67.6 Å². The number of fused-ring (bicyclic) bond motifs is 2. The minimum Gasteiger partial charge on any atom is -0.465 e. The Morgan fingerprint density at radius 3 is 2.42 bits per heavy atom. The van der Waals surface area contributed by atoms with E-state index in [1.165, 1.54) is 30.2 Å². The molecular formula is C40H37N3O5S2. The lowest BCUT2D eigenvalue weighted by atomic mass is 9.95. The van der Waals surface area contributed by atoms with Crippen molar-refractivity contribution in [3.8, 4) is 0 Å². The van der Waals surface area contributed by atoms with E-state index in [0.717, 1.165) is 57.4 Å². The fourth-order valence-electron chi connectivity index (χ4n) is 5.97. The Kier molecular flexibility index (Phi) is 11.1. The standard InChI is InChI=1S/C40H37N3O5S2/c1-3-33(38(46)43-39-35(40(47)48-2)31-21-9-10-22-34(31)50-39)49-29-19-12-18-28(24-29)41-37(45)32(42-36(44)26-14-5-4-6-15-26)23-27-17-11-16-25-13-7-8-20-30(25)27/h4-8,11-20,23-24,33H,3,9-10,21-22H2,1-2H3,(H,41,45)(H,42,44)(H,43,46)/b32-23+. The summed E-state index contributed by atoms with van der Waals surface area (Å²) in [7, 11) is 1.36. The molecule has 3 N–H and O–H groups in total. The number of esters is 1. The van der Waals surface area contributed by atoms with Crippen molar-refractivity contribution in [1.29, 1.82) is 0 Å². The van der Waals surface area contributed by atoms with Gasteiger partial charge in [0, 0.05) is 21.0 Å². The first kappa shape index (κ1) is 34.7. The van der Waals surface area contributed by atoms with Crippen LogP contribution in [0, 0.1) is 0 Å². The van der Waals surface area contributed by atoms with Gasteiger partial charge in [0.1, 0.15) is 10.7 Å². The third-order valence-electron chi connectivity index (χ3n) is 8.48. The molecule has 0 saturated heterocycles. The van der Waals surface area contributed by atoms with Crippen LogP contribution in [0.5, 0.6) is 0 Å². The van der Waals surface area contributed by atoms with E-state index in [1.54, 1.807) is 42.5 Å². The average Bonchev–Trinajstić information content (AvgIpc) is 3.51. The molecule has 1 aliphatic rings. The number of aryl methyl sites for hydroxylation is 1. The van der Waals surface area contributed by atoms with Crippen LogP contribution < -0.4 is 16.0 Å². The zero-order chi connectivity index (χ0) is 35.0. The number of methoxy groups -OCH3 is 1. The van der Waals surface area contributed by atoms with Crippen LogP contribution in [-0.2, 0) is 27.2 Å². The van der Waals surface area contributed by atoms with Crippen molar-refractivity contribution >= 4 is 74.3 Å². The van der Waals surface area contributed by atoms with Gasteiger partial charge < -0.3 is 20.7 Å². The summed E-state index contributed by atoms with van der Waals surface area (Å²) in [5, 5.41) is 10.8. The highest BCUT2D eigenvalue weighted by molar-refractivity contribution is 8.00. The number of carbonyl (C=O) groups is 4. The number of benzene rings is 4. The van der Waals surface area contributed by atoms with Gasteiger partial charge >= 0.3 is 5.97 Å². The Balaban J connectivity index is 1.21. The number of anilines is 2. The van der Waals surface area contributed by atoms with Crippen LogP contribution in [0.25, 0.3) is 16.8 Å². The monoisotopic (exact) mass is 703 g/mol. The van der Waals surface area contributed by atoms with E-state index in [4.69, 9.17) is 4.74 Å². The number of ether oxygens (including phenoxy) is 1. The molecule has 6 rings (SSSR count). The quantitative estimate of drug-likeness (QED) is 0.0723. The minimum absolute atomic E-state index is 0.0825. The molecule has 50 heavy (non-hydrogen) atoms. The molecular weight excluding hydrogens is 667 g/mol. The first-order valence-electron chi connectivity index (χ1n) is 16.5. The van der Waals surface area contributed by atoms with Crippen molar-refractivity contribution in [1.82, 2.24) is 5.32 Å². The number of nitrogens with one attached hydrogen (secondary N) is 3. The van der Waals surface area contributed by atoms with Gasteiger partial charge in [-0.25, -0.2) is 4.79 Å². The summed E-state index contributed by atoms with van der Waals surface area (Å²) in [5.74, 6) is -1.54. The molecule has 3 amide bonds. The molecule has 1 atom stereocenters. The largest absolute Gasteiger partial charge is 0.465 e. The van der Waals surface area contributed by atoms with E-state index < -0.39 is 23.0 Å². The number of hydrogen-bond acceptors (Lipinski definition) is 7. The predicted molar refractivity (Wildman–Crippen MR) is 202 cm³/mol. The molecule has 0 fully saturated rings. The van der Waals surface area contributed by atoms with Crippen molar-refractivity contribution in [2.75, 3.05) is 17.7 Å². The molecule has 8 nitrogen and oxygen atoms in total. The van der Waals surface area contributed by atoms with Gasteiger partial charge in [-0.05, 0) is 90.4 Å². The Hall–Kier alpha value is -5.19. The Bertz CT molecular complexity index is 2080. The first-order valence-corrected chi connectivity index (χ1v) is 18.2. The second-order valence-electron chi connectivity index (χ2n) is 11.8. The maximum absolute atomic E-state index is 13.8. The number of thiophene rings is 1. The molecule has 254 valence electrons. The number of thioether (sulfide) groups is 1. The zero-order valence-electron chi connectivity index (χ0n) is 27.8. The highest BCUT2D eigenvalue weighted by Crippen LogP contribution is 2.39. The SMILES string of the molecule is CCC(Sc1cccc(NC(=O)/C(=C\c2cccc3ccccc23)NC(=O)c2ccccc2)c1)C(=O)Nc1sc2c(c1C(=O)OC)CCCC2. The predicted octanol–water partition coefficient (Wildman–Crippen LogP) is 8.49. The first-order chi connectivity index (χ1) is 24.3. The van der Waals surface area contributed by atoms with Crippen LogP contribution in [0.4, 0.5) is 10.7 Å². The molecule has 0 radical (unpaired) electrons. The lowest BCUT2D eigenvalue weighted by molar-refractivity contribution is -0.116. The van der Waals surface area contributed by atoms with E-state index in [0.29, 0.717) is 28.2 Å². The highest BCUT2D eigenvalue weighted by Gasteiger charge is 2.29. The van der Waals surface area contributed by atoms with Gasteiger partial charge in [-0.3, -0.25) is 14.4 Å². The van der Waals surface area contributed by atoms with Gasteiger partial charge in [-0.1, -0.05) is 73.7 Å². The summed E-state index contributed by atoms with van der Waals surface area (Å²) < 4.78 is 5.07. The van der Waals surface area contributed by atoms with E-state index in [2.05, 4.69) is 16.0 Å². The molecule has 1 unspecified atom stereocenters. The number of hydrogen-bond donors (Lipinski definition) is 3. The Morgan fingerprint density at radius 2 is 1.62 bits per heavy atom. The summed E-state index contributed by atoms with van der Waals surface area (Å²) in [5.41, 5.74) is 3.25. The number of rotatable bonds is 11. The van der Waals surface area contributed by atoms with Gasteiger partial charge in [0.2, 0.25) is 5.91 Å². The lowest BCUT2D eigenvalue weighted by Gasteiger charge is -2.16. The summed E-state index contributed by atoms with van der Waals surface area (Å²) in [6, 6.07) is 29.6. The summed E-state index contributed by atoms with van der Waals surface area (Å²) in [6.45, 7) is 1.93. The molecule has 10 heteroatoms. The molecule has 0 spiro atoms. The van der Waals surface area contributed by atoms with E-state index in [-0.39, 0.29) is 11.6 Å². The van der Waals surface area contributed by atoms with Crippen LogP contribution >= 0.6 is 23.1 Å². The van der Waals surface area contributed by atoms with Crippen LogP contribution in [0.2, 0.25) is 0 Å². The van der Waals surface area contributed by atoms with Gasteiger partial charge in [-0.15, -0.1) is 23.1 Å². The van der Waals surface area contributed by atoms with Crippen molar-refractivity contribution < 1.29 is 23.9 Å². The maximum Gasteiger partial charge on any atom is 0.341 e. The number of carbonyl (C=O) groups excluding carboxylic acids is 4. The van der Waals surface area contributed by atoms with Gasteiger partial charge in [0.15, 0.2) is 0 Å². The third-order valence-corrected chi connectivity index (χ3v) is 11.0. The van der Waals surface area contributed by atoms with Crippen molar-refractivity contribution in [3.63, 3.8) is 0 Å². The molecule has 5 aromatic rings. The van der Waals surface area contributed by atoms with Crippen LogP contribution in [0.1, 0.15) is 62.9 Å².